The summed E-state index contributed by atoms with van der Waals surface area (Å²) in [5.41, 5.74) is 4.15. The van der Waals surface area contributed by atoms with E-state index in [0.717, 1.165) is 37.8 Å². The Morgan fingerprint density at radius 1 is 1.17 bits per heavy atom. The molecule has 4 rings (SSSR count). The summed E-state index contributed by atoms with van der Waals surface area (Å²) in [4.78, 5) is 31.9. The molecular formula is C23H28N4O3. The van der Waals surface area contributed by atoms with Crippen molar-refractivity contribution in [1.82, 2.24) is 19.9 Å². The fraction of sp³-hybridized carbons (Fsp3) is 0.435. The maximum absolute atomic E-state index is 13.0. The zero-order chi connectivity index (χ0) is 21.1. The predicted molar refractivity (Wildman–Crippen MR) is 113 cm³/mol. The SMILES string of the molecule is COC(=O)N1CCCN1C(=O)c1cccc(CN(C)C2CCCc3cccnc32)c1. The van der Waals surface area contributed by atoms with Crippen LogP contribution in [0.5, 0.6) is 0 Å². The van der Waals surface area contributed by atoms with Crippen LogP contribution in [-0.2, 0) is 17.7 Å². The molecule has 1 aromatic carbocycles. The molecule has 2 aliphatic rings. The number of hydrogen-bond donors (Lipinski definition) is 0. The van der Waals surface area contributed by atoms with E-state index in [1.807, 2.05) is 30.5 Å². The number of amides is 2. The molecule has 1 saturated heterocycles. The van der Waals surface area contributed by atoms with Crippen molar-refractivity contribution in [3.05, 3.63) is 65.0 Å². The van der Waals surface area contributed by atoms with Gasteiger partial charge in [0.15, 0.2) is 0 Å². The van der Waals surface area contributed by atoms with Crippen molar-refractivity contribution in [3.63, 3.8) is 0 Å². The van der Waals surface area contributed by atoms with Crippen molar-refractivity contribution >= 4 is 12.0 Å². The fourth-order valence-electron chi connectivity index (χ4n) is 4.48. The Bertz CT molecular complexity index is 932. The number of hydrazine groups is 1. The number of fused-ring (bicyclic) bond motifs is 1. The molecule has 30 heavy (non-hydrogen) atoms. The van der Waals surface area contributed by atoms with Crippen LogP contribution in [0.3, 0.4) is 0 Å². The monoisotopic (exact) mass is 408 g/mol. The number of nitrogens with zero attached hydrogens (tertiary/aromatic N) is 4. The van der Waals surface area contributed by atoms with E-state index in [2.05, 4.69) is 23.0 Å². The lowest BCUT2D eigenvalue weighted by molar-refractivity contribution is 0.0193. The number of aryl methyl sites for hydroxylation is 1. The number of benzene rings is 1. The maximum atomic E-state index is 13.0. The summed E-state index contributed by atoms with van der Waals surface area (Å²) in [6.45, 7) is 1.74. The standard InChI is InChI=1S/C23H28N4O3/c1-25(20-11-4-8-18-10-5-12-24-21(18)20)16-17-7-3-9-19(15-17)22(28)26-13-6-14-27(26)23(29)30-2/h3,5,7,9-10,12,15,20H,4,6,8,11,13-14,16H2,1-2H3. The van der Waals surface area contributed by atoms with E-state index in [-0.39, 0.29) is 11.9 Å². The molecule has 0 bridgehead atoms. The molecule has 2 amide bonds. The number of aromatic nitrogens is 1. The van der Waals surface area contributed by atoms with Crippen LogP contribution in [0.1, 0.15) is 52.5 Å². The Morgan fingerprint density at radius 3 is 2.83 bits per heavy atom. The van der Waals surface area contributed by atoms with Crippen LogP contribution < -0.4 is 0 Å². The highest BCUT2D eigenvalue weighted by Gasteiger charge is 2.32. The molecular weight excluding hydrogens is 380 g/mol. The highest BCUT2D eigenvalue weighted by atomic mass is 16.5. The minimum Gasteiger partial charge on any atom is -0.452 e. The third kappa shape index (κ3) is 4.03. The molecule has 7 nitrogen and oxygen atoms in total. The molecule has 2 aromatic rings. The van der Waals surface area contributed by atoms with Crippen molar-refractivity contribution in [2.75, 3.05) is 27.2 Å². The van der Waals surface area contributed by atoms with Crippen LogP contribution in [0.25, 0.3) is 0 Å². The summed E-state index contributed by atoms with van der Waals surface area (Å²) in [6, 6.07) is 12.1. The number of rotatable bonds is 4. The number of carbonyl (C=O) groups is 2. The quantitative estimate of drug-likeness (QED) is 0.776. The molecule has 2 heterocycles. The Morgan fingerprint density at radius 2 is 2.00 bits per heavy atom. The molecule has 1 aliphatic carbocycles. The van der Waals surface area contributed by atoms with Gasteiger partial charge in [0.1, 0.15) is 0 Å². The molecule has 0 spiro atoms. The van der Waals surface area contributed by atoms with Gasteiger partial charge < -0.3 is 4.74 Å². The second-order valence-electron chi connectivity index (χ2n) is 7.95. The topological polar surface area (TPSA) is 66.0 Å². The van der Waals surface area contributed by atoms with Gasteiger partial charge in [0, 0.05) is 31.4 Å². The average Bonchev–Trinajstić information content (AvgIpc) is 3.27. The molecule has 0 N–H and O–H groups in total. The van der Waals surface area contributed by atoms with Gasteiger partial charge >= 0.3 is 6.09 Å². The number of ether oxygens (including phenoxy) is 1. The van der Waals surface area contributed by atoms with E-state index in [0.29, 0.717) is 18.7 Å². The van der Waals surface area contributed by atoms with Gasteiger partial charge in [0.25, 0.3) is 5.91 Å². The van der Waals surface area contributed by atoms with Crippen LogP contribution in [0.4, 0.5) is 4.79 Å². The smallest absolute Gasteiger partial charge is 0.428 e. The average molecular weight is 409 g/mol. The van der Waals surface area contributed by atoms with Gasteiger partial charge in [-0.1, -0.05) is 18.2 Å². The third-order valence-electron chi connectivity index (χ3n) is 5.95. The Balaban J connectivity index is 1.49. The van der Waals surface area contributed by atoms with Crippen molar-refractivity contribution in [1.29, 1.82) is 0 Å². The van der Waals surface area contributed by atoms with Gasteiger partial charge in [-0.3, -0.25) is 14.7 Å². The van der Waals surface area contributed by atoms with Gasteiger partial charge in [0.05, 0.1) is 18.8 Å². The van der Waals surface area contributed by atoms with Crippen molar-refractivity contribution < 1.29 is 14.3 Å². The first-order chi connectivity index (χ1) is 14.6. The second kappa shape index (κ2) is 8.83. The maximum Gasteiger partial charge on any atom is 0.428 e. The number of carbonyl (C=O) groups excluding carboxylic acids is 2. The Labute approximate surface area is 177 Å². The lowest BCUT2D eigenvalue weighted by Gasteiger charge is -2.32. The molecule has 1 atom stereocenters. The normalized spacial score (nSPS) is 18.4. The minimum atomic E-state index is -0.500. The number of methoxy groups -OCH3 is 1. The Kier molecular flexibility index (Phi) is 5.99. The van der Waals surface area contributed by atoms with Crippen molar-refractivity contribution in [2.24, 2.45) is 0 Å². The van der Waals surface area contributed by atoms with E-state index in [9.17, 15) is 9.59 Å². The predicted octanol–water partition coefficient (Wildman–Crippen LogP) is 3.42. The van der Waals surface area contributed by atoms with E-state index in [4.69, 9.17) is 4.74 Å². The number of hydrogen-bond acceptors (Lipinski definition) is 5. The number of pyridine rings is 1. The fourth-order valence-corrected chi connectivity index (χ4v) is 4.48. The largest absolute Gasteiger partial charge is 0.452 e. The summed E-state index contributed by atoms with van der Waals surface area (Å²) >= 11 is 0. The molecule has 1 fully saturated rings. The van der Waals surface area contributed by atoms with E-state index >= 15 is 0 Å². The van der Waals surface area contributed by atoms with Crippen molar-refractivity contribution in [3.8, 4) is 0 Å². The minimum absolute atomic E-state index is 0.174. The first kappa shape index (κ1) is 20.3. The van der Waals surface area contributed by atoms with E-state index in [1.165, 1.54) is 28.4 Å². The van der Waals surface area contributed by atoms with Gasteiger partial charge in [-0.2, -0.15) is 0 Å². The first-order valence-corrected chi connectivity index (χ1v) is 10.5. The molecule has 0 radical (unpaired) electrons. The summed E-state index contributed by atoms with van der Waals surface area (Å²) in [5, 5.41) is 2.86. The van der Waals surface area contributed by atoms with Crippen LogP contribution >= 0.6 is 0 Å². The van der Waals surface area contributed by atoms with Gasteiger partial charge in [0.2, 0.25) is 0 Å². The summed E-state index contributed by atoms with van der Waals surface area (Å²) in [6.07, 6.45) is 5.44. The second-order valence-corrected chi connectivity index (χ2v) is 7.95. The highest BCUT2D eigenvalue weighted by molar-refractivity contribution is 5.95. The van der Waals surface area contributed by atoms with Crippen LogP contribution in [0, 0.1) is 0 Å². The molecule has 158 valence electrons. The third-order valence-corrected chi connectivity index (χ3v) is 5.95. The van der Waals surface area contributed by atoms with E-state index in [1.54, 1.807) is 6.07 Å². The van der Waals surface area contributed by atoms with Crippen LogP contribution in [0.2, 0.25) is 0 Å². The summed E-state index contributed by atoms with van der Waals surface area (Å²) < 4.78 is 4.80. The first-order valence-electron chi connectivity index (χ1n) is 10.5. The summed E-state index contributed by atoms with van der Waals surface area (Å²) in [7, 11) is 3.44. The van der Waals surface area contributed by atoms with E-state index < -0.39 is 6.09 Å². The molecule has 0 saturated carbocycles. The molecule has 1 unspecified atom stereocenters. The van der Waals surface area contributed by atoms with Gasteiger partial charge in [-0.25, -0.2) is 14.8 Å². The van der Waals surface area contributed by atoms with Crippen LogP contribution in [-0.4, -0.2) is 59.1 Å². The molecule has 1 aliphatic heterocycles. The summed E-state index contributed by atoms with van der Waals surface area (Å²) in [5.74, 6) is -0.174. The van der Waals surface area contributed by atoms with Gasteiger partial charge in [-0.05, 0) is 62.1 Å². The molecule has 7 heteroatoms. The van der Waals surface area contributed by atoms with Crippen molar-refractivity contribution in [2.45, 2.75) is 38.3 Å². The molecule has 1 aromatic heterocycles. The zero-order valence-electron chi connectivity index (χ0n) is 17.6. The lowest BCUT2D eigenvalue weighted by atomic mass is 9.91. The highest BCUT2D eigenvalue weighted by Crippen LogP contribution is 2.32. The van der Waals surface area contributed by atoms with Crippen LogP contribution in [0.15, 0.2) is 42.6 Å². The Hall–Kier alpha value is -2.93. The zero-order valence-corrected chi connectivity index (χ0v) is 17.6. The van der Waals surface area contributed by atoms with Gasteiger partial charge in [-0.15, -0.1) is 0 Å². The lowest BCUT2D eigenvalue weighted by Crippen LogP contribution is -2.44.